The molecule has 0 aromatic heterocycles. The molecule has 0 heterocycles. The van der Waals surface area contributed by atoms with Crippen LogP contribution < -0.4 is 0 Å². The molecule has 2 aromatic rings. The molecule has 0 fully saturated rings. The SMILES string of the molecule is C=CC1c2ccccc2-c2ccccc21. The number of allylic oxidation sites excluding steroid dienone is 1. The maximum atomic E-state index is 3.94. The van der Waals surface area contributed by atoms with Crippen LogP contribution in [0.2, 0.25) is 0 Å². The Kier molecular flexibility index (Phi) is 1.75. The largest absolute Gasteiger partial charge is 0.102 e. The van der Waals surface area contributed by atoms with Gasteiger partial charge in [-0.05, 0) is 22.3 Å². The lowest BCUT2D eigenvalue weighted by molar-refractivity contribution is 1.08. The first-order valence-electron chi connectivity index (χ1n) is 5.22. The Morgan fingerprint density at radius 1 is 0.800 bits per heavy atom. The van der Waals surface area contributed by atoms with Crippen LogP contribution in [0.15, 0.2) is 61.2 Å². The molecule has 72 valence electrons. The minimum atomic E-state index is 0.373. The highest BCUT2D eigenvalue weighted by Gasteiger charge is 2.24. The van der Waals surface area contributed by atoms with Crippen LogP contribution in [0.1, 0.15) is 17.0 Å². The van der Waals surface area contributed by atoms with Crippen LogP contribution >= 0.6 is 0 Å². The lowest BCUT2D eigenvalue weighted by Crippen LogP contribution is -1.90. The number of hydrogen-bond donors (Lipinski definition) is 0. The van der Waals surface area contributed by atoms with Crippen molar-refractivity contribution in [2.75, 3.05) is 0 Å². The molecular weight excluding hydrogens is 180 g/mol. The van der Waals surface area contributed by atoms with Gasteiger partial charge in [0.05, 0.1) is 0 Å². The van der Waals surface area contributed by atoms with Crippen molar-refractivity contribution >= 4 is 0 Å². The van der Waals surface area contributed by atoms with Gasteiger partial charge in [0.1, 0.15) is 0 Å². The first-order chi connectivity index (χ1) is 7.42. The molecule has 0 radical (unpaired) electrons. The molecule has 0 N–H and O–H groups in total. The summed E-state index contributed by atoms with van der Waals surface area (Å²) < 4.78 is 0. The van der Waals surface area contributed by atoms with E-state index in [1.807, 2.05) is 6.08 Å². The fourth-order valence-corrected chi connectivity index (χ4v) is 2.45. The number of hydrogen-bond acceptors (Lipinski definition) is 0. The van der Waals surface area contributed by atoms with Gasteiger partial charge < -0.3 is 0 Å². The van der Waals surface area contributed by atoms with Gasteiger partial charge in [0, 0.05) is 5.92 Å². The Morgan fingerprint density at radius 3 is 1.73 bits per heavy atom. The van der Waals surface area contributed by atoms with E-state index in [4.69, 9.17) is 0 Å². The van der Waals surface area contributed by atoms with E-state index in [9.17, 15) is 0 Å². The summed E-state index contributed by atoms with van der Waals surface area (Å²) in [6.45, 7) is 3.94. The first-order valence-corrected chi connectivity index (χ1v) is 5.22. The highest BCUT2D eigenvalue weighted by molar-refractivity contribution is 5.79. The molecule has 15 heavy (non-hydrogen) atoms. The van der Waals surface area contributed by atoms with Crippen LogP contribution in [0.5, 0.6) is 0 Å². The van der Waals surface area contributed by atoms with Gasteiger partial charge in [-0.1, -0.05) is 54.6 Å². The molecule has 0 spiro atoms. The van der Waals surface area contributed by atoms with Gasteiger partial charge in [0.25, 0.3) is 0 Å². The summed E-state index contributed by atoms with van der Waals surface area (Å²) in [6, 6.07) is 17.2. The van der Waals surface area contributed by atoms with E-state index in [0.717, 1.165) is 0 Å². The molecule has 0 amide bonds. The molecular formula is C15H12. The van der Waals surface area contributed by atoms with E-state index in [1.165, 1.54) is 22.3 Å². The maximum absolute atomic E-state index is 3.94. The Hall–Kier alpha value is -1.82. The fourth-order valence-electron chi connectivity index (χ4n) is 2.45. The van der Waals surface area contributed by atoms with Crippen LogP contribution in [0.25, 0.3) is 11.1 Å². The molecule has 0 atom stereocenters. The zero-order chi connectivity index (χ0) is 10.3. The number of benzene rings is 2. The van der Waals surface area contributed by atoms with Crippen molar-refractivity contribution in [3.8, 4) is 11.1 Å². The van der Waals surface area contributed by atoms with Crippen molar-refractivity contribution in [1.82, 2.24) is 0 Å². The zero-order valence-electron chi connectivity index (χ0n) is 8.48. The summed E-state index contributed by atoms with van der Waals surface area (Å²) in [6.07, 6.45) is 2.03. The molecule has 0 aliphatic heterocycles. The Balaban J connectivity index is 2.35. The molecule has 2 aromatic carbocycles. The lowest BCUT2D eigenvalue weighted by atomic mass is 9.97. The predicted octanol–water partition coefficient (Wildman–Crippen LogP) is 3.98. The molecule has 0 heteroatoms. The molecule has 0 unspecified atom stereocenters. The van der Waals surface area contributed by atoms with Gasteiger partial charge >= 0.3 is 0 Å². The third-order valence-electron chi connectivity index (χ3n) is 3.12. The standard InChI is InChI=1S/C15H12/c1-2-11-12-7-3-5-9-14(12)15-10-6-4-8-13(11)15/h2-11H,1H2. The van der Waals surface area contributed by atoms with Gasteiger partial charge in [-0.15, -0.1) is 6.58 Å². The van der Waals surface area contributed by atoms with E-state index in [1.54, 1.807) is 0 Å². The normalized spacial score (nSPS) is 13.3. The summed E-state index contributed by atoms with van der Waals surface area (Å²) in [5, 5.41) is 0. The first kappa shape index (κ1) is 8.49. The lowest BCUT2D eigenvalue weighted by Gasteiger charge is -2.06. The smallest absolute Gasteiger partial charge is 0.0279 e. The highest BCUT2D eigenvalue weighted by atomic mass is 14.3. The summed E-state index contributed by atoms with van der Waals surface area (Å²) in [5.41, 5.74) is 5.48. The van der Waals surface area contributed by atoms with Crippen LogP contribution in [0.3, 0.4) is 0 Å². The van der Waals surface area contributed by atoms with Gasteiger partial charge in [0.15, 0.2) is 0 Å². The van der Waals surface area contributed by atoms with Crippen molar-refractivity contribution in [2.24, 2.45) is 0 Å². The third kappa shape index (κ3) is 1.08. The Morgan fingerprint density at radius 2 is 1.27 bits per heavy atom. The predicted molar refractivity (Wildman–Crippen MR) is 63.9 cm³/mol. The van der Waals surface area contributed by atoms with Crippen molar-refractivity contribution in [3.63, 3.8) is 0 Å². The summed E-state index contributed by atoms with van der Waals surface area (Å²) in [7, 11) is 0. The van der Waals surface area contributed by atoms with E-state index >= 15 is 0 Å². The number of fused-ring (bicyclic) bond motifs is 3. The van der Waals surface area contributed by atoms with Crippen LogP contribution in [-0.4, -0.2) is 0 Å². The molecule has 0 saturated carbocycles. The summed E-state index contributed by atoms with van der Waals surface area (Å²) >= 11 is 0. The second kappa shape index (κ2) is 3.09. The van der Waals surface area contributed by atoms with Gasteiger partial charge in [-0.2, -0.15) is 0 Å². The van der Waals surface area contributed by atoms with Gasteiger partial charge in [-0.25, -0.2) is 0 Å². The molecule has 1 aliphatic rings. The van der Waals surface area contributed by atoms with Crippen molar-refractivity contribution in [3.05, 3.63) is 72.3 Å². The Bertz CT molecular complexity index is 478. The minimum Gasteiger partial charge on any atom is -0.102 e. The second-order valence-corrected chi connectivity index (χ2v) is 3.89. The van der Waals surface area contributed by atoms with Gasteiger partial charge in [0.2, 0.25) is 0 Å². The monoisotopic (exact) mass is 192 g/mol. The van der Waals surface area contributed by atoms with E-state index < -0.39 is 0 Å². The molecule has 3 rings (SSSR count). The average Bonchev–Trinajstić information content (AvgIpc) is 2.63. The van der Waals surface area contributed by atoms with Gasteiger partial charge in [-0.3, -0.25) is 0 Å². The molecule has 0 nitrogen and oxygen atoms in total. The van der Waals surface area contributed by atoms with Crippen molar-refractivity contribution in [2.45, 2.75) is 5.92 Å². The van der Waals surface area contributed by atoms with Crippen LogP contribution in [-0.2, 0) is 0 Å². The third-order valence-corrected chi connectivity index (χ3v) is 3.12. The number of rotatable bonds is 1. The average molecular weight is 192 g/mol. The van der Waals surface area contributed by atoms with Crippen molar-refractivity contribution in [1.29, 1.82) is 0 Å². The highest BCUT2D eigenvalue weighted by Crippen LogP contribution is 2.44. The maximum Gasteiger partial charge on any atom is 0.0279 e. The second-order valence-electron chi connectivity index (χ2n) is 3.89. The summed E-state index contributed by atoms with van der Waals surface area (Å²) in [4.78, 5) is 0. The summed E-state index contributed by atoms with van der Waals surface area (Å²) in [5.74, 6) is 0.373. The molecule has 1 aliphatic carbocycles. The Labute approximate surface area is 89.9 Å². The van der Waals surface area contributed by atoms with E-state index in [0.29, 0.717) is 5.92 Å². The molecule has 0 saturated heterocycles. The fraction of sp³-hybridized carbons (Fsp3) is 0.0667. The van der Waals surface area contributed by atoms with Crippen LogP contribution in [0.4, 0.5) is 0 Å². The van der Waals surface area contributed by atoms with E-state index in [-0.39, 0.29) is 0 Å². The minimum absolute atomic E-state index is 0.373. The topological polar surface area (TPSA) is 0 Å². The van der Waals surface area contributed by atoms with Crippen LogP contribution in [0, 0.1) is 0 Å². The zero-order valence-corrected chi connectivity index (χ0v) is 8.48. The van der Waals surface area contributed by atoms with Crippen molar-refractivity contribution < 1.29 is 0 Å². The quantitative estimate of drug-likeness (QED) is 0.599. The molecule has 0 bridgehead atoms. The van der Waals surface area contributed by atoms with E-state index in [2.05, 4.69) is 55.1 Å².